The van der Waals surface area contributed by atoms with E-state index in [1.807, 2.05) is 16.8 Å². The fourth-order valence-electron chi connectivity index (χ4n) is 2.40. The molecule has 0 saturated carbocycles. The lowest BCUT2D eigenvalue weighted by atomic mass is 10.2. The minimum Gasteiger partial charge on any atom is -0.489 e. The molecule has 8 nitrogen and oxygen atoms in total. The maximum absolute atomic E-state index is 8.36. The molecule has 1 atom stereocenters. The van der Waals surface area contributed by atoms with Crippen LogP contribution in [0.4, 0.5) is 0 Å². The normalized spacial score (nSPS) is 11.4. The Kier molecular flexibility index (Phi) is 10.2. The predicted octanol–water partition coefficient (Wildman–Crippen LogP) is 5.81. The zero-order chi connectivity index (χ0) is 22.8. The Bertz CT molecular complexity index is 929. The fraction of sp³-hybridized carbons (Fsp3) is 0.211. The number of hydrogen-bond acceptors (Lipinski definition) is 5. The Morgan fingerprint density at radius 1 is 1.10 bits per heavy atom. The van der Waals surface area contributed by atoms with E-state index in [2.05, 4.69) is 4.98 Å². The molecule has 0 fully saturated rings. The zero-order valence-electron chi connectivity index (χ0n) is 15.8. The Hall–Kier alpha value is -2.23. The number of benzene rings is 2. The van der Waals surface area contributed by atoms with Crippen molar-refractivity contribution in [3.8, 4) is 5.75 Å². The second-order valence-electron chi connectivity index (χ2n) is 6.05. The van der Waals surface area contributed by atoms with Gasteiger partial charge in [0.2, 0.25) is 0 Å². The highest BCUT2D eigenvalue weighted by Crippen LogP contribution is 2.28. The second-order valence-corrected chi connectivity index (χ2v) is 7.74. The van der Waals surface area contributed by atoms with E-state index in [9.17, 15) is 0 Å². The number of halogens is 4. The third kappa shape index (κ3) is 9.20. The van der Waals surface area contributed by atoms with Gasteiger partial charge < -0.3 is 19.2 Å². The van der Waals surface area contributed by atoms with E-state index in [0.717, 1.165) is 5.56 Å². The van der Waals surface area contributed by atoms with Gasteiger partial charge in [-0.05, 0) is 35.9 Å². The van der Waals surface area contributed by atoms with Gasteiger partial charge in [0.15, 0.2) is 0 Å². The first-order valence-electron chi connectivity index (χ1n) is 8.67. The Morgan fingerprint density at radius 2 is 1.74 bits per heavy atom. The van der Waals surface area contributed by atoms with Crippen LogP contribution in [0.2, 0.25) is 20.1 Å². The van der Waals surface area contributed by atoms with Gasteiger partial charge in [0.1, 0.15) is 18.5 Å². The molecule has 1 aromatic heterocycles. The topological polar surface area (TPSA) is 99.7 Å². The van der Waals surface area contributed by atoms with Gasteiger partial charge in [-0.2, -0.15) is 0 Å². The molecule has 166 valence electrons. The van der Waals surface area contributed by atoms with Crippen molar-refractivity contribution in [2.45, 2.75) is 19.3 Å². The summed E-state index contributed by atoms with van der Waals surface area (Å²) in [6.07, 6.45) is 5.05. The van der Waals surface area contributed by atoms with Crippen LogP contribution in [0.15, 0.2) is 55.1 Å². The lowest BCUT2D eigenvalue weighted by Crippen LogP contribution is -2.27. The Balaban J connectivity index is 0.000000785. The van der Waals surface area contributed by atoms with Gasteiger partial charge in [0.05, 0.1) is 24.5 Å². The van der Waals surface area contributed by atoms with Crippen LogP contribution >= 0.6 is 46.4 Å². The lowest BCUT2D eigenvalue weighted by molar-refractivity contribution is -0.742. The van der Waals surface area contributed by atoms with Gasteiger partial charge in [-0.1, -0.05) is 52.5 Å². The summed E-state index contributed by atoms with van der Waals surface area (Å²) in [5.41, 5.74) is 0.848. The van der Waals surface area contributed by atoms with Crippen LogP contribution in [0, 0.1) is 10.1 Å². The molecule has 1 heterocycles. The standard InChI is InChI=1S/C19H16Cl4N2O2.HNO3/c20-14-2-1-13(17(22)7-14)10-26-16(9-25-6-5-24-12-25)11-27-19-4-3-15(21)8-18(19)23;2-1(3)4/h1-8,12,16H,9-11H2;(H,2,3,4). The summed E-state index contributed by atoms with van der Waals surface area (Å²) in [6, 6.07) is 10.4. The summed E-state index contributed by atoms with van der Waals surface area (Å²) in [6.45, 7) is 1.19. The molecular weight excluding hydrogens is 492 g/mol. The first-order chi connectivity index (χ1) is 14.7. The number of rotatable bonds is 8. The van der Waals surface area contributed by atoms with Gasteiger partial charge in [-0.15, -0.1) is 10.1 Å². The van der Waals surface area contributed by atoms with Crippen molar-refractivity contribution in [1.82, 2.24) is 9.55 Å². The van der Waals surface area contributed by atoms with Crippen molar-refractivity contribution in [3.63, 3.8) is 0 Å². The molecule has 0 aliphatic rings. The molecule has 0 bridgehead atoms. The molecule has 12 heteroatoms. The zero-order valence-corrected chi connectivity index (χ0v) is 18.9. The molecule has 3 rings (SSSR count). The molecule has 1 N–H and O–H groups in total. The minimum atomic E-state index is -1.50. The van der Waals surface area contributed by atoms with E-state index < -0.39 is 5.09 Å². The second kappa shape index (κ2) is 12.6. The highest BCUT2D eigenvalue weighted by atomic mass is 35.5. The number of nitrogens with zero attached hydrogens (tertiary/aromatic N) is 3. The molecule has 0 saturated heterocycles. The molecule has 0 radical (unpaired) electrons. The molecule has 0 amide bonds. The van der Waals surface area contributed by atoms with Crippen molar-refractivity contribution in [2.75, 3.05) is 6.61 Å². The summed E-state index contributed by atoms with van der Waals surface area (Å²) in [4.78, 5) is 12.4. The van der Waals surface area contributed by atoms with Crippen LogP contribution in [-0.2, 0) is 17.9 Å². The molecule has 2 aromatic carbocycles. The monoisotopic (exact) mass is 507 g/mol. The first-order valence-corrected chi connectivity index (χ1v) is 10.2. The molecule has 0 aliphatic carbocycles. The number of ether oxygens (including phenoxy) is 2. The summed E-state index contributed by atoms with van der Waals surface area (Å²) >= 11 is 24.3. The van der Waals surface area contributed by atoms with Gasteiger partial charge in [-0.25, -0.2) is 4.98 Å². The van der Waals surface area contributed by atoms with Gasteiger partial charge in [0.25, 0.3) is 5.09 Å². The van der Waals surface area contributed by atoms with Crippen molar-refractivity contribution in [2.24, 2.45) is 0 Å². The third-order valence-corrected chi connectivity index (χ3v) is 4.90. The maximum Gasteiger partial charge on any atom is 0.291 e. The summed E-state index contributed by atoms with van der Waals surface area (Å²) in [7, 11) is 0. The molecule has 31 heavy (non-hydrogen) atoms. The van der Waals surface area contributed by atoms with E-state index in [1.165, 1.54) is 0 Å². The Morgan fingerprint density at radius 3 is 2.32 bits per heavy atom. The molecule has 3 aromatic rings. The lowest BCUT2D eigenvalue weighted by Gasteiger charge is -2.20. The SMILES string of the molecule is Clc1ccc(COC(COc2ccc(Cl)cc2Cl)Cn2ccnc2)c(Cl)c1.O=[N+]([O-])O. The largest absolute Gasteiger partial charge is 0.489 e. The van der Waals surface area contributed by atoms with Gasteiger partial charge >= 0.3 is 0 Å². The van der Waals surface area contributed by atoms with E-state index in [4.69, 9.17) is 71.2 Å². The predicted molar refractivity (Wildman–Crippen MR) is 118 cm³/mol. The van der Waals surface area contributed by atoms with Crippen molar-refractivity contribution in [3.05, 3.63) is 90.9 Å². The van der Waals surface area contributed by atoms with Gasteiger partial charge in [-0.3, -0.25) is 0 Å². The van der Waals surface area contributed by atoms with E-state index in [-0.39, 0.29) is 6.10 Å². The van der Waals surface area contributed by atoms with Crippen molar-refractivity contribution >= 4 is 46.4 Å². The quantitative estimate of drug-likeness (QED) is 0.304. The molecule has 0 aliphatic heterocycles. The summed E-state index contributed by atoms with van der Waals surface area (Å²) in [5, 5.41) is 15.8. The van der Waals surface area contributed by atoms with Crippen LogP contribution in [0.3, 0.4) is 0 Å². The summed E-state index contributed by atoms with van der Waals surface area (Å²) < 4.78 is 13.8. The van der Waals surface area contributed by atoms with E-state index >= 15 is 0 Å². The average Bonchev–Trinajstić information content (AvgIpc) is 3.19. The van der Waals surface area contributed by atoms with Crippen LogP contribution in [-0.4, -0.2) is 32.6 Å². The molecule has 1 unspecified atom stereocenters. The molecule has 0 spiro atoms. The minimum absolute atomic E-state index is 0.252. The van der Waals surface area contributed by atoms with Crippen LogP contribution < -0.4 is 4.74 Å². The van der Waals surface area contributed by atoms with E-state index in [0.29, 0.717) is 45.6 Å². The average molecular weight is 509 g/mol. The van der Waals surface area contributed by atoms with Crippen molar-refractivity contribution < 1.29 is 19.8 Å². The van der Waals surface area contributed by atoms with Gasteiger partial charge in [0, 0.05) is 27.5 Å². The number of hydrogen-bond donors (Lipinski definition) is 1. The third-order valence-electron chi connectivity index (χ3n) is 3.78. The number of imidazole rings is 1. The Labute approximate surface area is 197 Å². The highest BCUT2D eigenvalue weighted by Gasteiger charge is 2.14. The fourth-order valence-corrected chi connectivity index (χ4v) is 3.33. The van der Waals surface area contributed by atoms with Crippen molar-refractivity contribution in [1.29, 1.82) is 0 Å². The van der Waals surface area contributed by atoms with Crippen LogP contribution in [0.25, 0.3) is 0 Å². The first kappa shape index (κ1) is 25.0. The highest BCUT2D eigenvalue weighted by molar-refractivity contribution is 6.35. The maximum atomic E-state index is 8.36. The number of aromatic nitrogens is 2. The van der Waals surface area contributed by atoms with E-state index in [1.54, 1.807) is 42.9 Å². The van der Waals surface area contributed by atoms with Crippen LogP contribution in [0.1, 0.15) is 5.56 Å². The van der Waals surface area contributed by atoms with Crippen LogP contribution in [0.5, 0.6) is 5.75 Å². The molecular formula is C19H17Cl4N3O5. The smallest absolute Gasteiger partial charge is 0.291 e. The summed E-state index contributed by atoms with van der Waals surface area (Å²) in [5.74, 6) is 0.546.